The van der Waals surface area contributed by atoms with Crippen LogP contribution in [0, 0.1) is 5.92 Å². The van der Waals surface area contributed by atoms with Crippen molar-refractivity contribution in [1.82, 2.24) is 0 Å². The number of rotatable bonds is 10. The van der Waals surface area contributed by atoms with Crippen molar-refractivity contribution < 1.29 is 14.3 Å². The summed E-state index contributed by atoms with van der Waals surface area (Å²) >= 11 is 0. The summed E-state index contributed by atoms with van der Waals surface area (Å²) in [4.78, 5) is 23.6. The number of ketones is 1. The van der Waals surface area contributed by atoms with Crippen molar-refractivity contribution in [1.29, 1.82) is 0 Å². The second-order valence-electron chi connectivity index (χ2n) is 4.37. The Kier molecular flexibility index (Phi) is 9.78. The zero-order valence-corrected chi connectivity index (χ0v) is 11.5. The molecule has 0 aromatic carbocycles. The number of hydrogen-bond donors (Lipinski definition) is 0. The van der Waals surface area contributed by atoms with Crippen LogP contribution in [0.15, 0.2) is 0 Å². The van der Waals surface area contributed by atoms with Gasteiger partial charge in [0.2, 0.25) is 0 Å². The molecule has 1 atom stereocenters. The molecule has 0 radical (unpaired) electrons. The zero-order valence-electron chi connectivity index (χ0n) is 11.5. The fourth-order valence-corrected chi connectivity index (χ4v) is 1.78. The molecule has 0 aliphatic carbocycles. The number of hydrogen-bond acceptors (Lipinski definition) is 3. The predicted molar refractivity (Wildman–Crippen MR) is 68.8 cm³/mol. The molecule has 0 aromatic rings. The smallest absolute Gasteiger partial charge is 0.316 e. The normalized spacial score (nSPS) is 12.2. The highest BCUT2D eigenvalue weighted by molar-refractivity contribution is 5.98. The van der Waals surface area contributed by atoms with Crippen molar-refractivity contribution in [2.24, 2.45) is 5.92 Å². The topological polar surface area (TPSA) is 43.4 Å². The Morgan fingerprint density at radius 1 is 1.00 bits per heavy atom. The second-order valence-corrected chi connectivity index (χ2v) is 4.37. The minimum atomic E-state index is -0.522. The van der Waals surface area contributed by atoms with E-state index in [2.05, 4.69) is 13.8 Å². The van der Waals surface area contributed by atoms with Crippen molar-refractivity contribution in [3.05, 3.63) is 0 Å². The molecule has 3 nitrogen and oxygen atoms in total. The van der Waals surface area contributed by atoms with E-state index < -0.39 is 5.92 Å². The Bertz CT molecular complexity index is 224. The molecule has 0 saturated carbocycles. The van der Waals surface area contributed by atoms with Crippen LogP contribution in [-0.4, -0.2) is 18.4 Å². The Balaban J connectivity index is 4.23. The largest absolute Gasteiger partial charge is 0.465 e. The number of carbonyl (C=O) groups is 2. The summed E-state index contributed by atoms with van der Waals surface area (Å²) in [6.45, 7) is 6.29. The minimum Gasteiger partial charge on any atom is -0.465 e. The Morgan fingerprint density at radius 2 is 1.65 bits per heavy atom. The lowest BCUT2D eigenvalue weighted by molar-refractivity contribution is -0.152. The van der Waals surface area contributed by atoms with Crippen molar-refractivity contribution >= 4 is 11.8 Å². The summed E-state index contributed by atoms with van der Waals surface area (Å²) in [7, 11) is 0. The van der Waals surface area contributed by atoms with Crippen LogP contribution in [0.1, 0.15) is 65.7 Å². The molecule has 0 aliphatic heterocycles. The van der Waals surface area contributed by atoms with E-state index in [1.54, 1.807) is 6.92 Å². The van der Waals surface area contributed by atoms with Crippen LogP contribution in [0.2, 0.25) is 0 Å². The predicted octanol–water partition coefficient (Wildman–Crippen LogP) is 3.51. The van der Waals surface area contributed by atoms with Crippen LogP contribution in [0.4, 0.5) is 0 Å². The zero-order chi connectivity index (χ0) is 13.1. The lowest BCUT2D eigenvalue weighted by Crippen LogP contribution is -2.26. The standard InChI is InChI=1S/C14H26O3/c1-4-7-9-11-13(15)12(10-8-5-2)14(16)17-6-3/h12H,4-11H2,1-3H3. The Morgan fingerprint density at radius 3 is 2.18 bits per heavy atom. The molecule has 0 saturated heterocycles. The molecule has 0 rings (SSSR count). The van der Waals surface area contributed by atoms with Crippen molar-refractivity contribution in [3.63, 3.8) is 0 Å². The van der Waals surface area contributed by atoms with Crippen molar-refractivity contribution in [2.75, 3.05) is 6.61 Å². The third-order valence-corrected chi connectivity index (χ3v) is 2.83. The van der Waals surface area contributed by atoms with Crippen LogP contribution >= 0.6 is 0 Å². The highest BCUT2D eigenvalue weighted by atomic mass is 16.5. The minimum absolute atomic E-state index is 0.0605. The SMILES string of the molecule is CCCCCC(=O)C(CCCC)C(=O)OCC. The molecule has 0 bridgehead atoms. The summed E-state index contributed by atoms with van der Waals surface area (Å²) in [6, 6.07) is 0. The van der Waals surface area contributed by atoms with Gasteiger partial charge in [-0.25, -0.2) is 0 Å². The summed E-state index contributed by atoms with van der Waals surface area (Å²) in [5.41, 5.74) is 0. The van der Waals surface area contributed by atoms with Gasteiger partial charge in [0.05, 0.1) is 6.61 Å². The van der Waals surface area contributed by atoms with Crippen molar-refractivity contribution in [3.8, 4) is 0 Å². The van der Waals surface area contributed by atoms with Gasteiger partial charge in [-0.1, -0.05) is 39.5 Å². The fraction of sp³-hybridized carbons (Fsp3) is 0.857. The quantitative estimate of drug-likeness (QED) is 0.334. The number of esters is 1. The maximum atomic E-state index is 11.9. The van der Waals surface area contributed by atoms with E-state index in [4.69, 9.17) is 4.74 Å². The number of unbranched alkanes of at least 4 members (excludes halogenated alkanes) is 3. The van der Waals surface area contributed by atoms with Gasteiger partial charge in [0.1, 0.15) is 11.7 Å². The average Bonchev–Trinajstić information content (AvgIpc) is 2.30. The van der Waals surface area contributed by atoms with E-state index in [1.165, 1.54) is 0 Å². The van der Waals surface area contributed by atoms with E-state index in [0.29, 0.717) is 19.4 Å². The lowest BCUT2D eigenvalue weighted by atomic mass is 9.94. The van der Waals surface area contributed by atoms with Gasteiger partial charge < -0.3 is 4.74 Å². The first kappa shape index (κ1) is 16.1. The Labute approximate surface area is 105 Å². The molecule has 1 unspecified atom stereocenters. The third kappa shape index (κ3) is 7.14. The fourth-order valence-electron chi connectivity index (χ4n) is 1.78. The molecule has 100 valence electrons. The van der Waals surface area contributed by atoms with Crippen molar-refractivity contribution in [2.45, 2.75) is 65.7 Å². The van der Waals surface area contributed by atoms with Gasteiger partial charge >= 0.3 is 5.97 Å². The third-order valence-electron chi connectivity index (χ3n) is 2.83. The summed E-state index contributed by atoms with van der Waals surface area (Å²) in [5, 5.41) is 0. The highest BCUT2D eigenvalue weighted by Crippen LogP contribution is 2.16. The van der Waals surface area contributed by atoms with Gasteiger partial charge in [-0.3, -0.25) is 9.59 Å². The van der Waals surface area contributed by atoms with Gasteiger partial charge in [-0.15, -0.1) is 0 Å². The first-order valence-corrected chi connectivity index (χ1v) is 6.86. The first-order chi connectivity index (χ1) is 8.17. The molecule has 0 N–H and O–H groups in total. The maximum Gasteiger partial charge on any atom is 0.316 e. The summed E-state index contributed by atoms with van der Waals surface area (Å²) in [6.07, 6.45) is 6.08. The monoisotopic (exact) mass is 242 g/mol. The molecule has 0 amide bonds. The van der Waals surface area contributed by atoms with Crippen LogP contribution in [0.3, 0.4) is 0 Å². The summed E-state index contributed by atoms with van der Waals surface area (Å²) < 4.78 is 4.97. The molecule has 0 aromatic heterocycles. The van der Waals surface area contributed by atoms with Crippen LogP contribution in [-0.2, 0) is 14.3 Å². The highest BCUT2D eigenvalue weighted by Gasteiger charge is 2.26. The number of ether oxygens (including phenoxy) is 1. The van der Waals surface area contributed by atoms with E-state index in [-0.39, 0.29) is 11.8 Å². The molecule has 0 fully saturated rings. The van der Waals surface area contributed by atoms with Gasteiger partial charge in [-0.2, -0.15) is 0 Å². The van der Waals surface area contributed by atoms with E-state index in [0.717, 1.165) is 32.1 Å². The van der Waals surface area contributed by atoms with Crippen LogP contribution in [0.25, 0.3) is 0 Å². The molecule has 0 heterocycles. The molecular formula is C14H26O3. The van der Waals surface area contributed by atoms with E-state index >= 15 is 0 Å². The van der Waals surface area contributed by atoms with Crippen LogP contribution in [0.5, 0.6) is 0 Å². The maximum absolute atomic E-state index is 11.9. The van der Waals surface area contributed by atoms with E-state index in [9.17, 15) is 9.59 Å². The first-order valence-electron chi connectivity index (χ1n) is 6.86. The molecule has 0 aliphatic rings. The number of Topliss-reactive ketones (excluding diaryl/α,β-unsaturated/α-hetero) is 1. The summed E-state index contributed by atoms with van der Waals surface area (Å²) in [5.74, 6) is -0.792. The number of carbonyl (C=O) groups excluding carboxylic acids is 2. The van der Waals surface area contributed by atoms with Gasteiger partial charge in [0.25, 0.3) is 0 Å². The molecule has 3 heteroatoms. The molecular weight excluding hydrogens is 216 g/mol. The Hall–Kier alpha value is -0.860. The van der Waals surface area contributed by atoms with Crippen LogP contribution < -0.4 is 0 Å². The molecule has 17 heavy (non-hydrogen) atoms. The average molecular weight is 242 g/mol. The van der Waals surface area contributed by atoms with E-state index in [1.807, 2.05) is 0 Å². The lowest BCUT2D eigenvalue weighted by Gasteiger charge is -2.13. The van der Waals surface area contributed by atoms with Gasteiger partial charge in [0, 0.05) is 6.42 Å². The van der Waals surface area contributed by atoms with Gasteiger partial charge in [0.15, 0.2) is 0 Å². The molecule has 0 spiro atoms. The van der Waals surface area contributed by atoms with Gasteiger partial charge in [-0.05, 0) is 19.8 Å². The second kappa shape index (κ2) is 10.3.